The van der Waals surface area contributed by atoms with Crippen molar-refractivity contribution in [3.8, 4) is 11.5 Å². The van der Waals surface area contributed by atoms with Gasteiger partial charge < -0.3 is 20.1 Å². The van der Waals surface area contributed by atoms with Gasteiger partial charge >= 0.3 is 0 Å². The normalized spacial score (nSPS) is 9.21. The summed E-state index contributed by atoms with van der Waals surface area (Å²) in [5.74, 6) is 1.60. The first-order valence-electron chi connectivity index (χ1n) is 5.88. The third kappa shape index (κ3) is 6.87. The quantitative estimate of drug-likeness (QED) is 0.723. The van der Waals surface area contributed by atoms with E-state index in [0.717, 1.165) is 43.1 Å². The first kappa shape index (κ1) is 20.6. The molecule has 0 amide bonds. The van der Waals surface area contributed by atoms with Gasteiger partial charge in [0.1, 0.15) is 0 Å². The average Bonchev–Trinajstić information content (AvgIpc) is 2.38. The number of benzene rings is 1. The molecule has 1 rings (SSSR count). The molecule has 0 aromatic heterocycles. The van der Waals surface area contributed by atoms with E-state index < -0.39 is 0 Å². The van der Waals surface area contributed by atoms with Crippen molar-refractivity contribution in [3.63, 3.8) is 0 Å². The predicted octanol–water partition coefficient (Wildman–Crippen LogP) is 2.25. The van der Waals surface area contributed by atoms with Gasteiger partial charge in [-0.05, 0) is 32.6 Å². The number of methoxy groups -OCH3 is 2. The minimum absolute atomic E-state index is 0. The highest BCUT2D eigenvalue weighted by molar-refractivity contribution is 5.85. The fourth-order valence-corrected chi connectivity index (χ4v) is 1.71. The lowest BCUT2D eigenvalue weighted by Crippen LogP contribution is -2.19. The van der Waals surface area contributed by atoms with Crippen LogP contribution in [0.2, 0.25) is 0 Å². The van der Waals surface area contributed by atoms with Gasteiger partial charge in [-0.15, -0.1) is 24.8 Å². The van der Waals surface area contributed by atoms with E-state index in [1.165, 1.54) is 0 Å². The van der Waals surface area contributed by atoms with Gasteiger partial charge in [0.25, 0.3) is 0 Å². The van der Waals surface area contributed by atoms with Gasteiger partial charge in [-0.1, -0.05) is 12.1 Å². The number of halogens is 2. The molecule has 0 atom stereocenters. The Labute approximate surface area is 128 Å². The standard InChI is InChI=1S/C13H22N2O2.2ClH/c1-14-8-5-9-15-10-11-6-4-7-12(16-2)13(11)17-3;;/h4,6-7,14-15H,5,8-10H2,1-3H3;2*1H. The second kappa shape index (κ2) is 12.4. The lowest BCUT2D eigenvalue weighted by Gasteiger charge is -2.13. The summed E-state index contributed by atoms with van der Waals surface area (Å²) in [6, 6.07) is 5.93. The summed E-state index contributed by atoms with van der Waals surface area (Å²) in [5.41, 5.74) is 1.12. The summed E-state index contributed by atoms with van der Waals surface area (Å²) in [6.45, 7) is 2.81. The molecule has 4 nitrogen and oxygen atoms in total. The van der Waals surface area contributed by atoms with Gasteiger partial charge in [0.15, 0.2) is 11.5 Å². The maximum Gasteiger partial charge on any atom is 0.165 e. The van der Waals surface area contributed by atoms with Crippen LogP contribution >= 0.6 is 24.8 Å². The smallest absolute Gasteiger partial charge is 0.165 e. The van der Waals surface area contributed by atoms with Gasteiger partial charge in [0, 0.05) is 12.1 Å². The second-order valence-electron chi connectivity index (χ2n) is 3.79. The Morgan fingerprint density at radius 3 is 2.37 bits per heavy atom. The monoisotopic (exact) mass is 310 g/mol. The van der Waals surface area contributed by atoms with Crippen LogP contribution in [0.25, 0.3) is 0 Å². The minimum Gasteiger partial charge on any atom is -0.493 e. The van der Waals surface area contributed by atoms with Crippen LogP contribution in [0.1, 0.15) is 12.0 Å². The van der Waals surface area contributed by atoms with Gasteiger partial charge in [-0.25, -0.2) is 0 Å². The van der Waals surface area contributed by atoms with E-state index in [0.29, 0.717) is 0 Å². The number of para-hydroxylation sites is 1. The molecule has 0 unspecified atom stereocenters. The first-order valence-corrected chi connectivity index (χ1v) is 5.88. The molecular formula is C13H24Cl2N2O2. The molecule has 0 aliphatic heterocycles. The molecule has 0 saturated carbocycles. The van der Waals surface area contributed by atoms with Gasteiger partial charge in [0.05, 0.1) is 14.2 Å². The predicted molar refractivity (Wildman–Crippen MR) is 84.3 cm³/mol. The van der Waals surface area contributed by atoms with Crippen LogP contribution in [-0.4, -0.2) is 34.4 Å². The molecule has 0 aliphatic carbocycles. The van der Waals surface area contributed by atoms with E-state index in [-0.39, 0.29) is 24.8 Å². The SMILES string of the molecule is CNCCCNCc1cccc(OC)c1OC.Cl.Cl. The zero-order chi connectivity index (χ0) is 12.5. The van der Waals surface area contributed by atoms with Crippen LogP contribution in [0.4, 0.5) is 0 Å². The Morgan fingerprint density at radius 2 is 1.79 bits per heavy atom. The highest BCUT2D eigenvalue weighted by Gasteiger charge is 2.08. The first-order chi connectivity index (χ1) is 8.33. The molecule has 0 heterocycles. The molecule has 6 heteroatoms. The van der Waals surface area contributed by atoms with Crippen molar-refractivity contribution in [2.75, 3.05) is 34.4 Å². The number of hydrogen-bond acceptors (Lipinski definition) is 4. The summed E-state index contributed by atoms with van der Waals surface area (Å²) in [7, 11) is 5.29. The maximum atomic E-state index is 5.37. The van der Waals surface area contributed by atoms with E-state index in [2.05, 4.69) is 10.6 Å². The highest BCUT2D eigenvalue weighted by atomic mass is 35.5. The molecule has 19 heavy (non-hydrogen) atoms. The van der Waals surface area contributed by atoms with E-state index in [9.17, 15) is 0 Å². The molecule has 1 aromatic rings. The average molecular weight is 311 g/mol. The summed E-state index contributed by atoms with van der Waals surface area (Å²) >= 11 is 0. The van der Waals surface area contributed by atoms with Crippen LogP contribution in [0.5, 0.6) is 11.5 Å². The molecule has 0 spiro atoms. The number of hydrogen-bond donors (Lipinski definition) is 2. The van der Waals surface area contributed by atoms with Gasteiger partial charge in [-0.3, -0.25) is 0 Å². The Morgan fingerprint density at radius 1 is 1.05 bits per heavy atom. The molecule has 0 saturated heterocycles. The fourth-order valence-electron chi connectivity index (χ4n) is 1.71. The van der Waals surface area contributed by atoms with Crippen molar-refractivity contribution in [1.29, 1.82) is 0 Å². The Balaban J connectivity index is 0. The van der Waals surface area contributed by atoms with E-state index in [1.807, 2.05) is 25.2 Å². The molecule has 0 aliphatic rings. The third-order valence-electron chi connectivity index (χ3n) is 2.58. The van der Waals surface area contributed by atoms with E-state index in [4.69, 9.17) is 9.47 Å². The largest absolute Gasteiger partial charge is 0.493 e. The zero-order valence-electron chi connectivity index (χ0n) is 11.7. The summed E-state index contributed by atoms with van der Waals surface area (Å²) < 4.78 is 10.6. The van der Waals surface area contributed by atoms with Crippen molar-refractivity contribution in [1.82, 2.24) is 10.6 Å². The van der Waals surface area contributed by atoms with Gasteiger partial charge in [0.2, 0.25) is 0 Å². The van der Waals surface area contributed by atoms with E-state index >= 15 is 0 Å². The Bertz CT molecular complexity index is 338. The third-order valence-corrected chi connectivity index (χ3v) is 2.58. The maximum absolute atomic E-state index is 5.37. The van der Waals surface area contributed by atoms with Crippen LogP contribution in [0, 0.1) is 0 Å². The molecule has 0 radical (unpaired) electrons. The molecule has 1 aromatic carbocycles. The number of nitrogens with one attached hydrogen (secondary N) is 2. The van der Waals surface area contributed by atoms with Gasteiger partial charge in [-0.2, -0.15) is 0 Å². The van der Waals surface area contributed by atoms with Crippen molar-refractivity contribution in [2.45, 2.75) is 13.0 Å². The minimum atomic E-state index is 0. The van der Waals surface area contributed by atoms with Crippen LogP contribution in [0.3, 0.4) is 0 Å². The fraction of sp³-hybridized carbons (Fsp3) is 0.538. The van der Waals surface area contributed by atoms with Crippen LogP contribution < -0.4 is 20.1 Å². The molecule has 112 valence electrons. The van der Waals surface area contributed by atoms with Crippen molar-refractivity contribution in [3.05, 3.63) is 23.8 Å². The van der Waals surface area contributed by atoms with Crippen molar-refractivity contribution < 1.29 is 9.47 Å². The summed E-state index contributed by atoms with van der Waals surface area (Å²) in [5, 5.41) is 6.51. The number of rotatable bonds is 8. The molecule has 0 bridgehead atoms. The van der Waals surface area contributed by atoms with E-state index in [1.54, 1.807) is 14.2 Å². The summed E-state index contributed by atoms with van der Waals surface area (Å²) in [6.07, 6.45) is 1.11. The van der Waals surface area contributed by atoms with Crippen LogP contribution in [0.15, 0.2) is 18.2 Å². The lowest BCUT2D eigenvalue weighted by molar-refractivity contribution is 0.350. The highest BCUT2D eigenvalue weighted by Crippen LogP contribution is 2.30. The molecule has 2 N–H and O–H groups in total. The number of ether oxygens (including phenoxy) is 2. The second-order valence-corrected chi connectivity index (χ2v) is 3.79. The van der Waals surface area contributed by atoms with Crippen molar-refractivity contribution in [2.24, 2.45) is 0 Å². The Kier molecular flexibility index (Phi) is 13.4. The summed E-state index contributed by atoms with van der Waals surface area (Å²) in [4.78, 5) is 0. The molecule has 0 fully saturated rings. The molecular weight excluding hydrogens is 287 g/mol. The van der Waals surface area contributed by atoms with Crippen molar-refractivity contribution >= 4 is 24.8 Å². The lowest BCUT2D eigenvalue weighted by atomic mass is 10.2. The topological polar surface area (TPSA) is 42.5 Å². The Hall–Kier alpha value is -0.680. The zero-order valence-corrected chi connectivity index (χ0v) is 13.3. The van der Waals surface area contributed by atoms with Crippen LogP contribution in [-0.2, 0) is 6.54 Å².